The summed E-state index contributed by atoms with van der Waals surface area (Å²) in [7, 11) is 0. The summed E-state index contributed by atoms with van der Waals surface area (Å²) in [6.07, 6.45) is 0.00749. The third-order valence-electron chi connectivity index (χ3n) is 7.14. The van der Waals surface area contributed by atoms with Crippen LogP contribution >= 0.6 is 11.6 Å². The molecule has 0 radical (unpaired) electrons. The van der Waals surface area contributed by atoms with Crippen molar-refractivity contribution in [3.63, 3.8) is 0 Å². The highest BCUT2D eigenvalue weighted by Gasteiger charge is 2.48. The van der Waals surface area contributed by atoms with Gasteiger partial charge in [-0.1, -0.05) is 11.6 Å². The third-order valence-corrected chi connectivity index (χ3v) is 7.43. The van der Waals surface area contributed by atoms with Crippen LogP contribution in [0.2, 0.25) is 5.02 Å². The molecule has 204 valence electrons. The number of ether oxygens (including phenoxy) is 4. The number of H-pyrrole nitrogens is 1. The zero-order valence-corrected chi connectivity index (χ0v) is 21.1. The molecule has 38 heavy (non-hydrogen) atoms. The maximum absolute atomic E-state index is 14.8. The molecule has 10 nitrogen and oxygen atoms in total. The number of aromatic amines is 1. The SMILES string of the molecule is O[C@@H]1COC2C1OC[C@H]2Oc1nc2nc(NCc3c(F)cc(OCC4CCNCC4)cc3F)c(Cl)cc2[nH]1. The number of hydrogen-bond donors (Lipinski definition) is 4. The number of piperidine rings is 1. The lowest BCUT2D eigenvalue weighted by atomic mass is 9.99. The van der Waals surface area contributed by atoms with Crippen LogP contribution in [-0.2, 0) is 16.0 Å². The van der Waals surface area contributed by atoms with Gasteiger partial charge < -0.3 is 39.7 Å². The fourth-order valence-corrected chi connectivity index (χ4v) is 5.25. The first kappa shape index (κ1) is 25.5. The van der Waals surface area contributed by atoms with E-state index in [4.69, 9.17) is 30.5 Å². The Morgan fingerprint density at radius 1 is 1.08 bits per heavy atom. The van der Waals surface area contributed by atoms with Gasteiger partial charge in [0.05, 0.1) is 30.4 Å². The molecule has 2 unspecified atom stereocenters. The number of benzene rings is 1. The van der Waals surface area contributed by atoms with Gasteiger partial charge in [-0.05, 0) is 37.9 Å². The minimum absolute atomic E-state index is 0.155. The minimum Gasteiger partial charge on any atom is -0.493 e. The van der Waals surface area contributed by atoms with Crippen molar-refractivity contribution in [1.29, 1.82) is 0 Å². The highest BCUT2D eigenvalue weighted by Crippen LogP contribution is 2.31. The van der Waals surface area contributed by atoms with E-state index in [0.717, 1.165) is 25.9 Å². The predicted octanol–water partition coefficient (Wildman–Crippen LogP) is 2.79. The number of halogens is 3. The maximum atomic E-state index is 14.8. The molecule has 3 aromatic rings. The summed E-state index contributed by atoms with van der Waals surface area (Å²) >= 11 is 6.36. The summed E-state index contributed by atoms with van der Waals surface area (Å²) in [6.45, 7) is 2.54. The Morgan fingerprint density at radius 2 is 1.84 bits per heavy atom. The number of anilines is 1. The van der Waals surface area contributed by atoms with Gasteiger partial charge in [0.25, 0.3) is 6.01 Å². The predicted molar refractivity (Wildman–Crippen MR) is 134 cm³/mol. The summed E-state index contributed by atoms with van der Waals surface area (Å²) in [5.41, 5.74) is 0.668. The number of aliphatic hydroxyl groups excluding tert-OH is 1. The number of nitrogens with one attached hydrogen (secondary N) is 3. The number of pyridine rings is 1. The number of aliphatic hydroxyl groups is 1. The first-order valence-corrected chi connectivity index (χ1v) is 13.0. The van der Waals surface area contributed by atoms with Crippen LogP contribution in [-0.4, -0.2) is 77.4 Å². The first-order chi connectivity index (χ1) is 18.4. The molecule has 5 heterocycles. The van der Waals surface area contributed by atoms with E-state index in [-0.39, 0.29) is 47.9 Å². The number of rotatable bonds is 8. The average molecular weight is 552 g/mol. The number of fused-ring (bicyclic) bond motifs is 2. The fourth-order valence-electron chi connectivity index (χ4n) is 5.03. The second-order valence-electron chi connectivity index (χ2n) is 9.77. The van der Waals surface area contributed by atoms with Crippen LogP contribution in [0.25, 0.3) is 11.2 Å². The van der Waals surface area contributed by atoms with Gasteiger partial charge in [-0.3, -0.25) is 0 Å². The lowest BCUT2D eigenvalue weighted by molar-refractivity contribution is 0.00706. The summed E-state index contributed by atoms with van der Waals surface area (Å²) < 4.78 is 52.2. The van der Waals surface area contributed by atoms with Crippen LogP contribution in [0.4, 0.5) is 14.6 Å². The molecule has 3 aliphatic heterocycles. The Bertz CT molecular complexity index is 1280. The normalized spacial score (nSPS) is 25.6. The quantitative estimate of drug-likeness (QED) is 0.335. The molecule has 3 fully saturated rings. The van der Waals surface area contributed by atoms with Crippen LogP contribution in [0.3, 0.4) is 0 Å². The fraction of sp³-hybridized carbons (Fsp3) is 0.520. The lowest BCUT2D eigenvalue weighted by Crippen LogP contribution is -2.34. The molecule has 0 aliphatic carbocycles. The molecule has 0 spiro atoms. The Balaban J connectivity index is 1.10. The average Bonchev–Trinajstić information content (AvgIpc) is 3.59. The molecule has 3 aliphatic rings. The van der Waals surface area contributed by atoms with Crippen molar-refractivity contribution < 1.29 is 32.8 Å². The second kappa shape index (κ2) is 10.8. The molecule has 6 rings (SSSR count). The molecule has 3 saturated heterocycles. The van der Waals surface area contributed by atoms with Crippen LogP contribution in [0, 0.1) is 17.6 Å². The summed E-state index contributed by atoms with van der Waals surface area (Å²) in [6, 6.07) is 4.18. The lowest BCUT2D eigenvalue weighted by Gasteiger charge is -2.22. The molecule has 4 N–H and O–H groups in total. The van der Waals surface area contributed by atoms with Crippen LogP contribution in [0.5, 0.6) is 11.8 Å². The number of imidazole rings is 1. The van der Waals surface area contributed by atoms with Crippen LogP contribution < -0.4 is 20.1 Å². The van der Waals surface area contributed by atoms with E-state index in [1.165, 1.54) is 12.1 Å². The van der Waals surface area contributed by atoms with Crippen molar-refractivity contribution in [2.75, 3.05) is 38.2 Å². The topological polar surface area (TPSA) is 123 Å². The smallest absolute Gasteiger partial charge is 0.296 e. The van der Waals surface area contributed by atoms with Crippen molar-refractivity contribution >= 4 is 28.6 Å². The van der Waals surface area contributed by atoms with Crippen molar-refractivity contribution in [2.45, 2.75) is 43.8 Å². The maximum Gasteiger partial charge on any atom is 0.296 e. The summed E-state index contributed by atoms with van der Waals surface area (Å²) in [4.78, 5) is 11.7. The standard InChI is InChI=1S/C25H28ClF2N5O5/c26-15-7-18-24(33-25(31-18)38-20-11-37-21-19(34)10-36-22(20)21)32-23(15)30-8-14-16(27)5-13(6-17(14)28)35-9-12-1-3-29-4-2-12/h5-7,12,19-22,29,34H,1-4,8-11H2,(H2,30,31,32,33)/t19-,20-,21?,22?/m1/s1. The third kappa shape index (κ3) is 5.23. The van der Waals surface area contributed by atoms with Gasteiger partial charge in [-0.25, -0.2) is 13.8 Å². The van der Waals surface area contributed by atoms with Crippen molar-refractivity contribution in [1.82, 2.24) is 20.3 Å². The Kier molecular flexibility index (Phi) is 7.23. The van der Waals surface area contributed by atoms with E-state index >= 15 is 0 Å². The number of hydrogen-bond acceptors (Lipinski definition) is 9. The van der Waals surface area contributed by atoms with Gasteiger partial charge in [0.1, 0.15) is 41.5 Å². The van der Waals surface area contributed by atoms with Gasteiger partial charge in [-0.2, -0.15) is 4.98 Å². The summed E-state index contributed by atoms with van der Waals surface area (Å²) in [5, 5.41) is 16.3. The van der Waals surface area contributed by atoms with Crippen LogP contribution in [0.1, 0.15) is 18.4 Å². The van der Waals surface area contributed by atoms with E-state index in [1.54, 1.807) is 6.07 Å². The molecular weight excluding hydrogens is 524 g/mol. The molecule has 0 amide bonds. The van der Waals surface area contributed by atoms with Crippen LogP contribution in [0.15, 0.2) is 18.2 Å². The number of aromatic nitrogens is 3. The number of nitrogens with zero attached hydrogens (tertiary/aromatic N) is 2. The molecule has 2 aromatic heterocycles. The Morgan fingerprint density at radius 3 is 2.63 bits per heavy atom. The van der Waals surface area contributed by atoms with E-state index in [0.29, 0.717) is 23.7 Å². The monoisotopic (exact) mass is 551 g/mol. The zero-order chi connectivity index (χ0) is 26.2. The van der Waals surface area contributed by atoms with Gasteiger partial charge in [0, 0.05) is 24.2 Å². The van der Waals surface area contributed by atoms with E-state index < -0.39 is 36.1 Å². The largest absolute Gasteiger partial charge is 0.493 e. The molecular formula is C25H28ClF2N5O5. The zero-order valence-electron chi connectivity index (χ0n) is 20.4. The van der Waals surface area contributed by atoms with Crippen molar-refractivity contribution in [3.05, 3.63) is 40.4 Å². The van der Waals surface area contributed by atoms with Gasteiger partial charge in [0.2, 0.25) is 0 Å². The van der Waals surface area contributed by atoms with Crippen molar-refractivity contribution in [2.24, 2.45) is 5.92 Å². The minimum atomic E-state index is -0.721. The summed E-state index contributed by atoms with van der Waals surface area (Å²) in [5.74, 6) is -0.690. The van der Waals surface area contributed by atoms with E-state index in [9.17, 15) is 13.9 Å². The van der Waals surface area contributed by atoms with Gasteiger partial charge >= 0.3 is 0 Å². The second-order valence-corrected chi connectivity index (χ2v) is 10.2. The highest BCUT2D eigenvalue weighted by molar-refractivity contribution is 6.33. The van der Waals surface area contributed by atoms with Gasteiger partial charge in [-0.15, -0.1) is 0 Å². The molecule has 0 saturated carbocycles. The first-order valence-electron chi connectivity index (χ1n) is 12.6. The Labute approximate surface area is 222 Å². The molecule has 0 bridgehead atoms. The van der Waals surface area contributed by atoms with Gasteiger partial charge in [0.15, 0.2) is 11.8 Å². The molecule has 1 aromatic carbocycles. The molecule has 13 heteroatoms. The van der Waals surface area contributed by atoms with E-state index in [2.05, 4.69) is 25.6 Å². The Hall–Kier alpha value is -2.77. The van der Waals surface area contributed by atoms with E-state index in [1.807, 2.05) is 0 Å². The van der Waals surface area contributed by atoms with Crippen molar-refractivity contribution in [3.8, 4) is 11.8 Å². The highest BCUT2D eigenvalue weighted by atomic mass is 35.5. The molecule has 4 atom stereocenters.